The molecule has 1 aliphatic heterocycles. The van der Waals surface area contributed by atoms with E-state index in [0.717, 1.165) is 25.9 Å². The highest BCUT2D eigenvalue weighted by Gasteiger charge is 2.20. The van der Waals surface area contributed by atoms with Crippen molar-refractivity contribution in [2.75, 3.05) is 20.1 Å². The van der Waals surface area contributed by atoms with Crippen molar-refractivity contribution in [3.8, 4) is 5.75 Å². The van der Waals surface area contributed by atoms with Gasteiger partial charge in [-0.3, -0.25) is 4.79 Å². The number of amides is 1. The van der Waals surface area contributed by atoms with Gasteiger partial charge in [-0.2, -0.15) is 5.10 Å². The number of nitrogens with one attached hydrogen (secondary N) is 1. The predicted molar refractivity (Wildman–Crippen MR) is 92.3 cm³/mol. The predicted octanol–water partition coefficient (Wildman–Crippen LogP) is 2.40. The average molecular weight is 349 g/mol. The van der Waals surface area contributed by atoms with Gasteiger partial charge in [-0.25, -0.2) is 4.68 Å². The summed E-state index contributed by atoms with van der Waals surface area (Å²) < 4.78 is 7.19. The molecule has 0 aliphatic carbocycles. The molecule has 1 fully saturated rings. The van der Waals surface area contributed by atoms with Crippen molar-refractivity contribution in [1.82, 2.24) is 20.0 Å². The van der Waals surface area contributed by atoms with E-state index < -0.39 is 0 Å². The quantitative estimate of drug-likeness (QED) is 0.901. The topological polar surface area (TPSA) is 59.4 Å². The molecule has 0 saturated carbocycles. The molecule has 0 spiro atoms. The number of benzene rings is 1. The van der Waals surface area contributed by atoms with Crippen LogP contribution in [0.4, 0.5) is 0 Å². The lowest BCUT2D eigenvalue weighted by molar-refractivity contribution is 0.0909. The number of carbonyl (C=O) groups excluding carboxylic acids is 1. The lowest BCUT2D eigenvalue weighted by Gasteiger charge is -2.29. The van der Waals surface area contributed by atoms with Crippen LogP contribution >= 0.6 is 11.6 Å². The minimum absolute atomic E-state index is 0.133. The van der Waals surface area contributed by atoms with Crippen molar-refractivity contribution in [2.24, 2.45) is 0 Å². The zero-order chi connectivity index (χ0) is 16.9. The Kier molecular flexibility index (Phi) is 5.37. The molecule has 128 valence electrons. The number of aromatic nitrogens is 2. The van der Waals surface area contributed by atoms with E-state index in [0.29, 0.717) is 16.5 Å². The first-order valence-electron chi connectivity index (χ1n) is 8.01. The molecule has 3 rings (SSSR count). The van der Waals surface area contributed by atoms with Crippen LogP contribution < -0.4 is 10.1 Å². The Hall–Kier alpha value is -2.05. The highest BCUT2D eigenvalue weighted by molar-refractivity contribution is 6.30. The van der Waals surface area contributed by atoms with E-state index in [9.17, 15) is 4.79 Å². The Balaban J connectivity index is 1.52. The van der Waals surface area contributed by atoms with Gasteiger partial charge in [-0.05, 0) is 57.2 Å². The molecule has 1 N–H and O–H groups in total. The molecule has 0 radical (unpaired) electrons. The molecule has 0 atom stereocenters. The van der Waals surface area contributed by atoms with Gasteiger partial charge in [-0.1, -0.05) is 17.7 Å². The van der Waals surface area contributed by atoms with Gasteiger partial charge in [0.15, 0.2) is 6.73 Å². The maximum atomic E-state index is 12.3. The summed E-state index contributed by atoms with van der Waals surface area (Å²) in [5.74, 6) is 0.529. The van der Waals surface area contributed by atoms with Crippen LogP contribution in [0.5, 0.6) is 5.75 Å². The summed E-state index contributed by atoms with van der Waals surface area (Å²) in [6.45, 7) is 2.24. The third kappa shape index (κ3) is 4.49. The van der Waals surface area contributed by atoms with E-state index in [1.165, 1.54) is 0 Å². The van der Waals surface area contributed by atoms with Crippen molar-refractivity contribution >= 4 is 17.5 Å². The molecule has 24 heavy (non-hydrogen) atoms. The van der Waals surface area contributed by atoms with Gasteiger partial charge in [0.1, 0.15) is 11.4 Å². The summed E-state index contributed by atoms with van der Waals surface area (Å²) >= 11 is 5.92. The monoisotopic (exact) mass is 348 g/mol. The number of hydrogen-bond acceptors (Lipinski definition) is 4. The lowest BCUT2D eigenvalue weighted by Crippen LogP contribution is -2.43. The molecule has 0 unspecified atom stereocenters. The fourth-order valence-electron chi connectivity index (χ4n) is 2.66. The molecule has 0 bridgehead atoms. The number of likely N-dealkylation sites (tertiary alicyclic amines) is 1. The van der Waals surface area contributed by atoms with Crippen molar-refractivity contribution in [3.63, 3.8) is 0 Å². The summed E-state index contributed by atoms with van der Waals surface area (Å²) in [5.41, 5.74) is 0.406. The van der Waals surface area contributed by atoms with E-state index in [-0.39, 0.29) is 18.7 Å². The van der Waals surface area contributed by atoms with Crippen LogP contribution in [0.25, 0.3) is 0 Å². The zero-order valence-electron chi connectivity index (χ0n) is 13.6. The number of halogens is 1. The molecule has 7 heteroatoms. The van der Waals surface area contributed by atoms with E-state index in [4.69, 9.17) is 16.3 Å². The fourth-order valence-corrected chi connectivity index (χ4v) is 2.84. The van der Waals surface area contributed by atoms with Gasteiger partial charge in [-0.15, -0.1) is 0 Å². The van der Waals surface area contributed by atoms with Crippen LogP contribution in [0, 0.1) is 0 Å². The van der Waals surface area contributed by atoms with E-state index in [2.05, 4.69) is 22.4 Å². The number of hydrogen-bond donors (Lipinski definition) is 1. The lowest BCUT2D eigenvalue weighted by atomic mass is 10.1. The van der Waals surface area contributed by atoms with Crippen LogP contribution in [0.3, 0.4) is 0 Å². The molecule has 1 amide bonds. The second-order valence-electron chi connectivity index (χ2n) is 6.02. The summed E-state index contributed by atoms with van der Waals surface area (Å²) in [6, 6.07) is 9.09. The molecule has 1 aliphatic rings. The largest absolute Gasteiger partial charge is 0.471 e. The first-order chi connectivity index (χ1) is 11.6. The standard InChI is InChI=1S/C17H21ClN4O2/c1-21-8-5-14(6-9-21)19-17(23)16-7-10-22(20-16)12-24-15-4-2-3-13(18)11-15/h2-4,7,10-11,14H,5-6,8-9,12H2,1H3,(H,19,23). The molecule has 1 saturated heterocycles. The Labute approximate surface area is 146 Å². The molecular formula is C17H21ClN4O2. The number of ether oxygens (including phenoxy) is 1. The van der Waals surface area contributed by atoms with Crippen molar-refractivity contribution in [1.29, 1.82) is 0 Å². The minimum atomic E-state index is -0.133. The van der Waals surface area contributed by atoms with Gasteiger partial charge in [0, 0.05) is 17.3 Å². The van der Waals surface area contributed by atoms with Gasteiger partial charge >= 0.3 is 0 Å². The van der Waals surface area contributed by atoms with Crippen LogP contribution in [-0.4, -0.2) is 46.8 Å². The molecule has 1 aromatic heterocycles. The van der Waals surface area contributed by atoms with Crippen molar-refractivity contribution in [2.45, 2.75) is 25.6 Å². The number of carbonyl (C=O) groups is 1. The number of rotatable bonds is 5. The zero-order valence-corrected chi connectivity index (χ0v) is 14.4. The molecule has 2 heterocycles. The van der Waals surface area contributed by atoms with Crippen molar-refractivity contribution in [3.05, 3.63) is 47.2 Å². The summed E-state index contributed by atoms with van der Waals surface area (Å²) in [4.78, 5) is 14.5. The number of nitrogens with zero attached hydrogens (tertiary/aromatic N) is 3. The summed E-state index contributed by atoms with van der Waals surface area (Å²) in [7, 11) is 2.10. The smallest absolute Gasteiger partial charge is 0.271 e. The van der Waals surface area contributed by atoms with E-state index >= 15 is 0 Å². The van der Waals surface area contributed by atoms with Crippen LogP contribution in [0.2, 0.25) is 5.02 Å². The molecule has 6 nitrogen and oxygen atoms in total. The van der Waals surface area contributed by atoms with Crippen LogP contribution in [0.15, 0.2) is 36.5 Å². The van der Waals surface area contributed by atoms with Crippen LogP contribution in [0.1, 0.15) is 23.3 Å². The highest BCUT2D eigenvalue weighted by atomic mass is 35.5. The van der Waals surface area contributed by atoms with Crippen LogP contribution in [-0.2, 0) is 6.73 Å². The Bertz CT molecular complexity index is 695. The maximum Gasteiger partial charge on any atom is 0.271 e. The number of piperidine rings is 1. The first kappa shape index (κ1) is 16.8. The van der Waals surface area contributed by atoms with Gasteiger partial charge in [0.2, 0.25) is 0 Å². The van der Waals surface area contributed by atoms with Gasteiger partial charge in [0.25, 0.3) is 5.91 Å². The molecular weight excluding hydrogens is 328 g/mol. The van der Waals surface area contributed by atoms with Gasteiger partial charge < -0.3 is 15.0 Å². The Morgan fingerprint density at radius 1 is 1.38 bits per heavy atom. The third-order valence-electron chi connectivity index (χ3n) is 4.09. The fraction of sp³-hybridized carbons (Fsp3) is 0.412. The normalized spacial score (nSPS) is 16.1. The molecule has 1 aromatic carbocycles. The SMILES string of the molecule is CN1CCC(NC(=O)c2ccn(COc3cccc(Cl)c3)n2)CC1. The van der Waals surface area contributed by atoms with E-state index in [1.54, 1.807) is 29.1 Å². The van der Waals surface area contributed by atoms with E-state index in [1.807, 2.05) is 12.1 Å². The minimum Gasteiger partial charge on any atom is -0.471 e. The van der Waals surface area contributed by atoms with Crippen molar-refractivity contribution < 1.29 is 9.53 Å². The first-order valence-corrected chi connectivity index (χ1v) is 8.39. The Morgan fingerprint density at radius 3 is 2.92 bits per heavy atom. The summed E-state index contributed by atoms with van der Waals surface area (Å²) in [5, 5.41) is 7.93. The molecule has 2 aromatic rings. The Morgan fingerprint density at radius 2 is 2.17 bits per heavy atom. The highest BCUT2D eigenvalue weighted by Crippen LogP contribution is 2.17. The third-order valence-corrected chi connectivity index (χ3v) is 4.32. The second-order valence-corrected chi connectivity index (χ2v) is 6.46. The van der Waals surface area contributed by atoms with Gasteiger partial charge in [0.05, 0.1) is 0 Å². The summed E-state index contributed by atoms with van der Waals surface area (Å²) in [6.07, 6.45) is 3.68. The second kappa shape index (κ2) is 7.68. The average Bonchev–Trinajstić information content (AvgIpc) is 3.04. The maximum absolute atomic E-state index is 12.3.